The average Bonchev–Trinajstić information content (AvgIpc) is 2.55. The Balaban J connectivity index is 5.23. The van der Waals surface area contributed by atoms with Crippen LogP contribution in [-0.2, 0) is 27.2 Å². The van der Waals surface area contributed by atoms with Gasteiger partial charge >= 0.3 is 15.2 Å². The predicted molar refractivity (Wildman–Crippen MR) is 98.6 cm³/mol. The third kappa shape index (κ3) is 8.42. The lowest BCUT2D eigenvalue weighted by atomic mass is 10.4. The summed E-state index contributed by atoms with van der Waals surface area (Å²) in [6, 6.07) is 0. The average molecular weight is 384 g/mol. The lowest BCUT2D eigenvalue weighted by Crippen LogP contribution is -2.06. The highest BCUT2D eigenvalue weighted by Gasteiger charge is 2.43. The zero-order chi connectivity index (χ0) is 18.5. The first-order valence-corrected chi connectivity index (χ1v) is 12.0. The molecule has 0 spiro atoms. The summed E-state index contributed by atoms with van der Waals surface area (Å²) in [7, 11) is -7.54. The molecule has 0 aliphatic rings. The first kappa shape index (κ1) is 24.0. The molecule has 0 fully saturated rings. The van der Waals surface area contributed by atoms with Gasteiger partial charge in [-0.15, -0.1) is 0 Å². The first-order chi connectivity index (χ1) is 11.4. The molecule has 0 aromatic carbocycles. The maximum Gasteiger partial charge on any atom is 0.368 e. The number of hydrogen-bond acceptors (Lipinski definition) is 6. The molecule has 144 valence electrons. The Morgan fingerprint density at radius 3 is 1.33 bits per heavy atom. The third-order valence-electron chi connectivity index (χ3n) is 3.21. The topological polar surface area (TPSA) is 71.1 Å². The summed E-state index contributed by atoms with van der Waals surface area (Å²) < 4.78 is 47.9. The second-order valence-corrected chi connectivity index (χ2v) is 9.84. The normalized spacial score (nSPS) is 14.5. The molecule has 1 atom stereocenters. The van der Waals surface area contributed by atoms with E-state index in [9.17, 15) is 9.13 Å². The number of rotatable bonds is 16. The van der Waals surface area contributed by atoms with Crippen LogP contribution < -0.4 is 0 Å². The van der Waals surface area contributed by atoms with E-state index < -0.39 is 15.2 Å². The van der Waals surface area contributed by atoms with Crippen LogP contribution in [0.1, 0.15) is 66.2 Å². The smallest absolute Gasteiger partial charge is 0.305 e. The van der Waals surface area contributed by atoms with Crippen LogP contribution in [0.25, 0.3) is 0 Å². The highest BCUT2D eigenvalue weighted by molar-refractivity contribution is 7.78. The summed E-state index contributed by atoms with van der Waals surface area (Å²) in [6.07, 6.45) is 4.83. The molecule has 1 unspecified atom stereocenters. The van der Waals surface area contributed by atoms with E-state index in [-0.39, 0.29) is 31.5 Å². The van der Waals surface area contributed by atoms with Crippen LogP contribution in [0.4, 0.5) is 0 Å². The van der Waals surface area contributed by atoms with E-state index >= 15 is 0 Å². The van der Waals surface area contributed by atoms with Gasteiger partial charge in [0.05, 0.1) is 26.4 Å². The van der Waals surface area contributed by atoms with Gasteiger partial charge in [0.1, 0.15) is 5.06 Å². The lowest BCUT2D eigenvalue weighted by Gasteiger charge is -2.25. The molecule has 0 bridgehead atoms. The largest absolute Gasteiger partial charge is 0.368 e. The molecule has 0 N–H and O–H groups in total. The molecule has 0 saturated heterocycles. The summed E-state index contributed by atoms with van der Waals surface area (Å²) in [5, 5.41) is -0.194. The molecular formula is C16H34O6P2. The van der Waals surface area contributed by atoms with Crippen molar-refractivity contribution in [2.75, 3.05) is 26.4 Å². The number of unbranched alkanes of at least 4 members (excludes halogenated alkanes) is 3. The van der Waals surface area contributed by atoms with Crippen LogP contribution in [0.2, 0.25) is 0 Å². The fraction of sp³-hybridized carbons (Fsp3) is 0.875. The zero-order valence-corrected chi connectivity index (χ0v) is 17.4. The molecule has 0 rings (SSSR count). The van der Waals surface area contributed by atoms with E-state index in [0.29, 0.717) is 0 Å². The second-order valence-electron chi connectivity index (χ2n) is 5.39. The van der Waals surface area contributed by atoms with Gasteiger partial charge in [0.2, 0.25) is 0 Å². The van der Waals surface area contributed by atoms with Crippen molar-refractivity contribution < 1.29 is 27.2 Å². The van der Waals surface area contributed by atoms with Crippen LogP contribution >= 0.6 is 15.2 Å². The SMILES string of the molecule is C=C(P(=O)(OCC)OCCCC)P(=O)(OCCCC)OCCCC. The zero-order valence-electron chi connectivity index (χ0n) is 15.6. The summed E-state index contributed by atoms with van der Waals surface area (Å²) in [5.41, 5.74) is 0. The van der Waals surface area contributed by atoms with Crippen LogP contribution in [0.3, 0.4) is 0 Å². The van der Waals surface area contributed by atoms with E-state index in [1.807, 2.05) is 20.8 Å². The molecule has 0 saturated carbocycles. The van der Waals surface area contributed by atoms with Crippen LogP contribution in [0, 0.1) is 0 Å². The molecular weight excluding hydrogens is 350 g/mol. The van der Waals surface area contributed by atoms with Gasteiger partial charge in [0, 0.05) is 0 Å². The van der Waals surface area contributed by atoms with Gasteiger partial charge in [-0.05, 0) is 26.2 Å². The number of hydrogen-bond donors (Lipinski definition) is 0. The molecule has 0 amide bonds. The molecule has 0 aromatic heterocycles. The molecule has 8 heteroatoms. The van der Waals surface area contributed by atoms with E-state index in [0.717, 1.165) is 38.5 Å². The molecule has 0 aliphatic heterocycles. The van der Waals surface area contributed by atoms with Gasteiger partial charge < -0.3 is 18.1 Å². The van der Waals surface area contributed by atoms with Crippen molar-refractivity contribution in [2.24, 2.45) is 0 Å². The highest BCUT2D eigenvalue weighted by atomic mass is 31.2. The fourth-order valence-electron chi connectivity index (χ4n) is 1.68. The van der Waals surface area contributed by atoms with Crippen LogP contribution in [-0.4, -0.2) is 26.4 Å². The predicted octanol–water partition coefficient (Wildman–Crippen LogP) is 6.33. The Morgan fingerprint density at radius 1 is 0.708 bits per heavy atom. The lowest BCUT2D eigenvalue weighted by molar-refractivity contribution is 0.198. The highest BCUT2D eigenvalue weighted by Crippen LogP contribution is 2.73. The van der Waals surface area contributed by atoms with Gasteiger partial charge in [-0.25, -0.2) is 0 Å². The molecule has 0 aliphatic carbocycles. The Morgan fingerprint density at radius 2 is 1.04 bits per heavy atom. The van der Waals surface area contributed by atoms with E-state index in [1.165, 1.54) is 0 Å². The quantitative estimate of drug-likeness (QED) is 0.229. The third-order valence-corrected chi connectivity index (χ3v) is 8.11. The molecule has 0 heterocycles. The van der Waals surface area contributed by atoms with Crippen molar-refractivity contribution in [3.8, 4) is 0 Å². The van der Waals surface area contributed by atoms with E-state index in [4.69, 9.17) is 18.1 Å². The molecule has 6 nitrogen and oxygen atoms in total. The maximum absolute atomic E-state index is 13.1. The second kappa shape index (κ2) is 13.3. The Kier molecular flexibility index (Phi) is 13.3. The molecule has 0 radical (unpaired) electrons. The summed E-state index contributed by atoms with van der Waals surface area (Å²) in [6.45, 7) is 12.3. The summed E-state index contributed by atoms with van der Waals surface area (Å²) in [4.78, 5) is 0. The van der Waals surface area contributed by atoms with Crippen molar-refractivity contribution >= 4 is 15.2 Å². The van der Waals surface area contributed by atoms with E-state index in [2.05, 4.69) is 6.58 Å². The van der Waals surface area contributed by atoms with Crippen molar-refractivity contribution in [1.29, 1.82) is 0 Å². The van der Waals surface area contributed by atoms with Crippen LogP contribution in [0.5, 0.6) is 0 Å². The van der Waals surface area contributed by atoms with Crippen molar-refractivity contribution in [1.82, 2.24) is 0 Å². The Hall–Kier alpha value is 0.0400. The molecule has 24 heavy (non-hydrogen) atoms. The van der Waals surface area contributed by atoms with Gasteiger partial charge in [-0.1, -0.05) is 46.6 Å². The maximum atomic E-state index is 13.1. The fourth-order valence-corrected chi connectivity index (χ4v) is 5.77. The van der Waals surface area contributed by atoms with Crippen LogP contribution in [0.15, 0.2) is 11.6 Å². The minimum Gasteiger partial charge on any atom is -0.305 e. The summed E-state index contributed by atoms with van der Waals surface area (Å²) in [5.74, 6) is 0. The van der Waals surface area contributed by atoms with Crippen molar-refractivity contribution in [3.63, 3.8) is 0 Å². The minimum absolute atomic E-state index is 0.159. The summed E-state index contributed by atoms with van der Waals surface area (Å²) >= 11 is 0. The monoisotopic (exact) mass is 384 g/mol. The minimum atomic E-state index is -3.78. The van der Waals surface area contributed by atoms with Crippen molar-refractivity contribution in [2.45, 2.75) is 66.2 Å². The van der Waals surface area contributed by atoms with E-state index in [1.54, 1.807) is 6.92 Å². The van der Waals surface area contributed by atoms with Gasteiger partial charge in [0.25, 0.3) is 0 Å². The Labute approximate surface area is 147 Å². The molecule has 0 aromatic rings. The van der Waals surface area contributed by atoms with Gasteiger partial charge in [0.15, 0.2) is 0 Å². The van der Waals surface area contributed by atoms with Crippen molar-refractivity contribution in [3.05, 3.63) is 11.6 Å². The van der Waals surface area contributed by atoms with Gasteiger partial charge in [-0.2, -0.15) is 0 Å². The van der Waals surface area contributed by atoms with Gasteiger partial charge in [-0.3, -0.25) is 9.13 Å². The first-order valence-electron chi connectivity index (χ1n) is 8.88. The Bertz CT molecular complexity index is 424. The standard InChI is InChI=1S/C16H34O6P2/c1-6-10-13-20-23(17,19-9-4)16(5)24(18,21-14-11-7-2)22-15-12-8-3/h5-15H2,1-4H3.